The zero-order chi connectivity index (χ0) is 11.7. The first-order valence-corrected chi connectivity index (χ1v) is 6.45. The number of para-hydroxylation sites is 1. The molecule has 2 nitrogen and oxygen atoms in total. The fourth-order valence-electron chi connectivity index (χ4n) is 3.62. The molecule has 0 radical (unpaired) electrons. The predicted molar refractivity (Wildman–Crippen MR) is 71.8 cm³/mol. The van der Waals surface area contributed by atoms with E-state index in [-0.39, 0.29) is 5.41 Å². The second-order valence-corrected chi connectivity index (χ2v) is 5.33. The molecule has 1 atom stereocenters. The second-order valence-electron chi connectivity index (χ2n) is 5.33. The predicted octanol–water partition coefficient (Wildman–Crippen LogP) is 3.07. The first-order chi connectivity index (χ1) is 8.88. The van der Waals surface area contributed by atoms with Crippen molar-refractivity contribution in [3.63, 3.8) is 0 Å². The lowest BCUT2D eigenvalue weighted by Crippen LogP contribution is -2.39. The fourth-order valence-corrected chi connectivity index (χ4v) is 3.62. The molecule has 0 saturated heterocycles. The van der Waals surface area contributed by atoms with Crippen LogP contribution in [0.1, 0.15) is 12.0 Å². The molecule has 1 aliphatic carbocycles. The van der Waals surface area contributed by atoms with Crippen molar-refractivity contribution in [2.45, 2.75) is 11.8 Å². The minimum absolute atomic E-state index is 0.0828. The van der Waals surface area contributed by atoms with Gasteiger partial charge in [-0.05, 0) is 41.9 Å². The zero-order valence-electron chi connectivity index (χ0n) is 9.93. The first-order valence-electron chi connectivity index (χ1n) is 6.45. The Balaban J connectivity index is 1.90. The number of hydrogen-bond acceptors (Lipinski definition) is 2. The lowest BCUT2D eigenvalue weighted by atomic mass is 9.71. The van der Waals surface area contributed by atoms with Gasteiger partial charge in [-0.2, -0.15) is 0 Å². The quantitative estimate of drug-likeness (QED) is 0.671. The van der Waals surface area contributed by atoms with Crippen molar-refractivity contribution >= 4 is 11.4 Å². The summed E-state index contributed by atoms with van der Waals surface area (Å²) in [5, 5.41) is 0. The molecule has 18 heavy (non-hydrogen) atoms. The van der Waals surface area contributed by atoms with Crippen LogP contribution in [0.2, 0.25) is 0 Å². The van der Waals surface area contributed by atoms with Crippen LogP contribution in [-0.4, -0.2) is 17.2 Å². The third-order valence-electron chi connectivity index (χ3n) is 4.48. The lowest BCUT2D eigenvalue weighted by Gasteiger charge is -2.37. The summed E-state index contributed by atoms with van der Waals surface area (Å²) in [6, 6.07) is 8.52. The van der Waals surface area contributed by atoms with Gasteiger partial charge in [-0.15, -0.1) is 0 Å². The minimum Gasteiger partial charge on any atom is -0.350 e. The van der Waals surface area contributed by atoms with Crippen LogP contribution >= 0.6 is 0 Å². The molecule has 1 spiro atoms. The van der Waals surface area contributed by atoms with Gasteiger partial charge in [-0.25, -0.2) is 0 Å². The average Bonchev–Trinajstić information content (AvgIpc) is 2.94. The van der Waals surface area contributed by atoms with Crippen molar-refractivity contribution in [1.29, 1.82) is 0 Å². The molecule has 0 saturated carbocycles. The molecule has 5 rings (SSSR count). The molecule has 1 unspecified atom stereocenters. The normalized spacial score (nSPS) is 29.6. The molecule has 3 aliphatic heterocycles. The van der Waals surface area contributed by atoms with Gasteiger partial charge in [-0.1, -0.05) is 18.2 Å². The van der Waals surface area contributed by atoms with E-state index >= 15 is 0 Å². The fraction of sp³-hybridized carbons (Fsp3) is 0.188. The summed E-state index contributed by atoms with van der Waals surface area (Å²) >= 11 is 0. The second kappa shape index (κ2) is 2.66. The summed E-state index contributed by atoms with van der Waals surface area (Å²) in [5.41, 5.74) is 6.41. The number of rotatable bonds is 0. The van der Waals surface area contributed by atoms with Crippen LogP contribution in [0.5, 0.6) is 0 Å². The third kappa shape index (κ3) is 0.798. The van der Waals surface area contributed by atoms with E-state index in [9.17, 15) is 0 Å². The Bertz CT molecular complexity index is 706. The van der Waals surface area contributed by atoms with Gasteiger partial charge in [0.25, 0.3) is 0 Å². The summed E-state index contributed by atoms with van der Waals surface area (Å²) < 4.78 is 0. The van der Waals surface area contributed by atoms with E-state index in [0.29, 0.717) is 0 Å². The van der Waals surface area contributed by atoms with Gasteiger partial charge in [0.1, 0.15) is 0 Å². The van der Waals surface area contributed by atoms with Crippen LogP contribution in [0.4, 0.5) is 5.69 Å². The number of hydrogen-bond donors (Lipinski definition) is 0. The van der Waals surface area contributed by atoms with Crippen LogP contribution in [0.25, 0.3) is 0 Å². The van der Waals surface area contributed by atoms with Crippen molar-refractivity contribution in [1.82, 2.24) is 4.90 Å². The van der Waals surface area contributed by atoms with Crippen molar-refractivity contribution in [2.75, 3.05) is 6.54 Å². The molecule has 1 aromatic carbocycles. The average molecular weight is 232 g/mol. The maximum Gasteiger partial charge on any atom is 0.0994 e. The van der Waals surface area contributed by atoms with Gasteiger partial charge in [0, 0.05) is 18.4 Å². The highest BCUT2D eigenvalue weighted by atomic mass is 15.2. The molecule has 0 amide bonds. The number of benzene rings is 1. The lowest BCUT2D eigenvalue weighted by molar-refractivity contribution is 0.442. The molecule has 0 N–H and O–H groups in total. The van der Waals surface area contributed by atoms with E-state index in [2.05, 4.69) is 53.6 Å². The molecule has 3 heterocycles. The van der Waals surface area contributed by atoms with Crippen LogP contribution in [0.15, 0.2) is 65.0 Å². The largest absolute Gasteiger partial charge is 0.350 e. The van der Waals surface area contributed by atoms with Gasteiger partial charge in [0.15, 0.2) is 0 Å². The minimum atomic E-state index is -0.0828. The molecular formula is C16H12N2. The maximum absolute atomic E-state index is 4.85. The Morgan fingerprint density at radius 3 is 3.11 bits per heavy atom. The zero-order valence-corrected chi connectivity index (χ0v) is 9.93. The Labute approximate surface area is 106 Å². The van der Waals surface area contributed by atoms with Crippen LogP contribution < -0.4 is 0 Å². The topological polar surface area (TPSA) is 15.6 Å². The van der Waals surface area contributed by atoms with Gasteiger partial charge in [0.2, 0.25) is 0 Å². The molecule has 1 aromatic rings. The first kappa shape index (κ1) is 8.92. The number of fused-ring (bicyclic) bond motifs is 2. The summed E-state index contributed by atoms with van der Waals surface area (Å²) in [4.78, 5) is 7.23. The highest BCUT2D eigenvalue weighted by Crippen LogP contribution is 2.53. The summed E-state index contributed by atoms with van der Waals surface area (Å²) in [6.45, 7) is 1.10. The van der Waals surface area contributed by atoms with E-state index in [4.69, 9.17) is 4.99 Å². The standard InChI is InChI=1S/C16H12N2/c1-2-4-13-12(3-1)16-6-8-18-7-5-11(10-15(16)18)9-14(16)17-13/h1-4,6,8-10H,5,7H2. The van der Waals surface area contributed by atoms with Gasteiger partial charge in [0.05, 0.1) is 16.8 Å². The molecule has 86 valence electrons. The van der Waals surface area contributed by atoms with Gasteiger partial charge in [-0.3, -0.25) is 4.99 Å². The monoisotopic (exact) mass is 232 g/mol. The number of allylic oxidation sites excluding steroid dienone is 3. The van der Waals surface area contributed by atoms with E-state index in [1.165, 1.54) is 22.5 Å². The van der Waals surface area contributed by atoms with Crippen molar-refractivity contribution in [2.24, 2.45) is 4.99 Å². The third-order valence-corrected chi connectivity index (χ3v) is 4.48. The van der Waals surface area contributed by atoms with E-state index in [1.807, 2.05) is 0 Å². The Hall–Kier alpha value is -2.09. The van der Waals surface area contributed by atoms with Crippen LogP contribution in [-0.2, 0) is 5.41 Å². The highest BCUT2D eigenvalue weighted by Gasteiger charge is 2.50. The molecule has 2 heteroatoms. The van der Waals surface area contributed by atoms with E-state index in [0.717, 1.165) is 18.7 Å². The number of nitrogens with zero attached hydrogens (tertiary/aromatic N) is 2. The Morgan fingerprint density at radius 1 is 1.17 bits per heavy atom. The molecule has 2 bridgehead atoms. The SMILES string of the molecule is C1=CC23C4=CC(=CC2=Nc2ccccc23)CCN14. The van der Waals surface area contributed by atoms with Crippen molar-refractivity contribution < 1.29 is 0 Å². The molecule has 0 aromatic heterocycles. The summed E-state index contributed by atoms with van der Waals surface area (Å²) in [6.07, 6.45) is 10.3. The molecule has 0 fully saturated rings. The smallest absolute Gasteiger partial charge is 0.0994 e. The Kier molecular flexibility index (Phi) is 1.32. The summed E-state index contributed by atoms with van der Waals surface area (Å²) in [7, 11) is 0. The Morgan fingerprint density at radius 2 is 2.11 bits per heavy atom. The van der Waals surface area contributed by atoms with Crippen molar-refractivity contribution in [3.05, 3.63) is 65.5 Å². The van der Waals surface area contributed by atoms with Crippen LogP contribution in [0, 0.1) is 0 Å². The highest BCUT2D eigenvalue weighted by molar-refractivity contribution is 6.15. The maximum atomic E-state index is 4.85. The summed E-state index contributed by atoms with van der Waals surface area (Å²) in [5.74, 6) is 0. The van der Waals surface area contributed by atoms with Crippen molar-refractivity contribution in [3.8, 4) is 0 Å². The van der Waals surface area contributed by atoms with E-state index < -0.39 is 0 Å². The molecular weight excluding hydrogens is 220 g/mol. The van der Waals surface area contributed by atoms with Crippen LogP contribution in [0.3, 0.4) is 0 Å². The van der Waals surface area contributed by atoms with Gasteiger partial charge < -0.3 is 4.90 Å². The molecule has 4 aliphatic rings. The number of aliphatic imine (C=N–C) groups is 1. The van der Waals surface area contributed by atoms with Gasteiger partial charge >= 0.3 is 0 Å². The van der Waals surface area contributed by atoms with E-state index in [1.54, 1.807) is 0 Å².